The number of carboxylic acids is 1. The number of carbonyl (C=O) groups is 1. The Balaban J connectivity index is 2.00. The van der Waals surface area contributed by atoms with Gasteiger partial charge < -0.3 is 5.11 Å². The van der Waals surface area contributed by atoms with E-state index in [1.807, 2.05) is 46.1 Å². The van der Waals surface area contributed by atoms with E-state index >= 15 is 0 Å². The van der Waals surface area contributed by atoms with Crippen LogP contribution >= 0.6 is 0 Å². The molecule has 0 aliphatic carbocycles. The maximum absolute atomic E-state index is 11.2. The van der Waals surface area contributed by atoms with Gasteiger partial charge in [0.1, 0.15) is 0 Å². The molecular weight excluding hydrogens is 338 g/mol. The summed E-state index contributed by atoms with van der Waals surface area (Å²) in [7, 11) is 0. The number of rotatable bonds is 8. The summed E-state index contributed by atoms with van der Waals surface area (Å²) in [5.74, 6) is -0.809. The number of nitrogens with zero attached hydrogens (tertiary/aromatic N) is 3. The van der Waals surface area contributed by atoms with E-state index in [0.29, 0.717) is 6.54 Å². The van der Waals surface area contributed by atoms with E-state index in [0.717, 1.165) is 35.5 Å². The number of hydrogen-bond acceptors (Lipinski definition) is 3. The topological polar surface area (TPSA) is 58.4 Å². The van der Waals surface area contributed by atoms with Gasteiger partial charge in [-0.1, -0.05) is 55.0 Å². The van der Waals surface area contributed by atoms with E-state index in [1.165, 1.54) is 5.56 Å². The fraction of sp³-hybridized carbons (Fsp3) is 0.273. The standard InChI is InChI=1S/C22H25N3O2/c1-3-13-24(16-21(26)27)14-19-15-25(20-7-5-4-6-8-20)23-22(19)18-11-9-17(2)10-12-18/h4-12,15H,3,13-14,16H2,1-2H3,(H,26,27). The molecular formula is C22H25N3O2. The van der Waals surface area contributed by atoms with Gasteiger partial charge in [-0.25, -0.2) is 4.68 Å². The molecule has 3 rings (SSSR count). The van der Waals surface area contributed by atoms with Crippen molar-refractivity contribution in [2.75, 3.05) is 13.1 Å². The van der Waals surface area contributed by atoms with E-state index < -0.39 is 5.97 Å². The third-order valence-corrected chi connectivity index (χ3v) is 4.43. The van der Waals surface area contributed by atoms with Gasteiger partial charge in [0.25, 0.3) is 0 Å². The minimum Gasteiger partial charge on any atom is -0.480 e. The van der Waals surface area contributed by atoms with Gasteiger partial charge in [-0.05, 0) is 32.0 Å². The first-order valence-corrected chi connectivity index (χ1v) is 9.22. The normalized spacial score (nSPS) is 11.1. The van der Waals surface area contributed by atoms with Crippen molar-refractivity contribution in [1.82, 2.24) is 14.7 Å². The molecule has 27 heavy (non-hydrogen) atoms. The molecule has 5 nitrogen and oxygen atoms in total. The highest BCUT2D eigenvalue weighted by Gasteiger charge is 2.17. The lowest BCUT2D eigenvalue weighted by Gasteiger charge is -2.19. The number of aliphatic carboxylic acids is 1. The Labute approximate surface area is 159 Å². The van der Waals surface area contributed by atoms with Gasteiger partial charge in [0.2, 0.25) is 0 Å². The number of benzene rings is 2. The lowest BCUT2D eigenvalue weighted by atomic mass is 10.1. The highest BCUT2D eigenvalue weighted by molar-refractivity contribution is 5.69. The lowest BCUT2D eigenvalue weighted by Crippen LogP contribution is -2.30. The van der Waals surface area contributed by atoms with E-state index in [4.69, 9.17) is 5.10 Å². The molecule has 0 fully saturated rings. The van der Waals surface area contributed by atoms with Gasteiger partial charge in [-0.15, -0.1) is 0 Å². The van der Waals surface area contributed by atoms with Crippen LogP contribution in [0.5, 0.6) is 0 Å². The molecule has 0 atom stereocenters. The first kappa shape index (κ1) is 18.9. The number of para-hydroxylation sites is 1. The van der Waals surface area contributed by atoms with Crippen molar-refractivity contribution in [3.63, 3.8) is 0 Å². The van der Waals surface area contributed by atoms with Gasteiger partial charge >= 0.3 is 5.97 Å². The van der Waals surface area contributed by atoms with Crippen LogP contribution in [0.1, 0.15) is 24.5 Å². The molecule has 0 aliphatic rings. The van der Waals surface area contributed by atoms with Crippen molar-refractivity contribution in [1.29, 1.82) is 0 Å². The molecule has 0 saturated heterocycles. The van der Waals surface area contributed by atoms with Crippen LogP contribution in [0.3, 0.4) is 0 Å². The molecule has 0 radical (unpaired) electrons. The molecule has 140 valence electrons. The predicted molar refractivity (Wildman–Crippen MR) is 107 cm³/mol. The molecule has 1 heterocycles. The average molecular weight is 363 g/mol. The monoisotopic (exact) mass is 363 g/mol. The van der Waals surface area contributed by atoms with Crippen LogP contribution in [-0.4, -0.2) is 38.8 Å². The molecule has 1 N–H and O–H groups in total. The Morgan fingerprint density at radius 3 is 2.44 bits per heavy atom. The maximum atomic E-state index is 11.2. The first-order valence-electron chi connectivity index (χ1n) is 9.22. The lowest BCUT2D eigenvalue weighted by molar-refractivity contribution is -0.138. The van der Waals surface area contributed by atoms with Crippen LogP contribution in [0.25, 0.3) is 16.9 Å². The van der Waals surface area contributed by atoms with Crippen LogP contribution < -0.4 is 0 Å². The summed E-state index contributed by atoms with van der Waals surface area (Å²) in [6.07, 6.45) is 2.91. The Morgan fingerprint density at radius 2 is 1.81 bits per heavy atom. The third kappa shape index (κ3) is 4.83. The van der Waals surface area contributed by atoms with E-state index in [-0.39, 0.29) is 6.54 Å². The number of carboxylic acid groups (broad SMARTS) is 1. The van der Waals surface area contributed by atoms with Gasteiger partial charge in [0, 0.05) is 23.9 Å². The van der Waals surface area contributed by atoms with Gasteiger partial charge in [0.05, 0.1) is 17.9 Å². The maximum Gasteiger partial charge on any atom is 0.317 e. The minimum atomic E-state index is -0.809. The SMILES string of the molecule is CCCN(CC(=O)O)Cc1cn(-c2ccccc2)nc1-c1ccc(C)cc1. The second-order valence-corrected chi connectivity index (χ2v) is 6.75. The van der Waals surface area contributed by atoms with Gasteiger partial charge in [0.15, 0.2) is 0 Å². The van der Waals surface area contributed by atoms with Crippen molar-refractivity contribution in [3.05, 3.63) is 71.9 Å². The molecule has 5 heteroatoms. The van der Waals surface area contributed by atoms with Crippen molar-refractivity contribution in [2.45, 2.75) is 26.8 Å². The predicted octanol–water partition coefficient (Wildman–Crippen LogP) is 4.14. The molecule has 0 unspecified atom stereocenters. The zero-order valence-corrected chi connectivity index (χ0v) is 15.8. The van der Waals surface area contributed by atoms with Gasteiger partial charge in [-0.3, -0.25) is 9.69 Å². The average Bonchev–Trinajstić information content (AvgIpc) is 3.06. The number of aryl methyl sites for hydroxylation is 1. The Bertz CT molecular complexity index is 886. The van der Waals surface area contributed by atoms with E-state index in [2.05, 4.69) is 38.1 Å². The number of aromatic nitrogens is 2. The second-order valence-electron chi connectivity index (χ2n) is 6.75. The first-order chi connectivity index (χ1) is 13.1. The fourth-order valence-corrected chi connectivity index (χ4v) is 3.16. The summed E-state index contributed by atoms with van der Waals surface area (Å²) in [5, 5.41) is 14.0. The molecule has 0 saturated carbocycles. The summed E-state index contributed by atoms with van der Waals surface area (Å²) in [6.45, 7) is 5.43. The largest absolute Gasteiger partial charge is 0.480 e. The second kappa shape index (κ2) is 8.64. The van der Waals surface area contributed by atoms with Crippen molar-refractivity contribution in [2.24, 2.45) is 0 Å². The number of hydrogen-bond donors (Lipinski definition) is 1. The van der Waals surface area contributed by atoms with Crippen LogP contribution in [-0.2, 0) is 11.3 Å². The molecule has 1 aromatic heterocycles. The molecule has 0 spiro atoms. The molecule has 0 bridgehead atoms. The Hall–Kier alpha value is -2.92. The quantitative estimate of drug-likeness (QED) is 0.653. The van der Waals surface area contributed by atoms with E-state index in [9.17, 15) is 9.90 Å². The zero-order valence-electron chi connectivity index (χ0n) is 15.8. The van der Waals surface area contributed by atoms with Gasteiger partial charge in [-0.2, -0.15) is 5.10 Å². The van der Waals surface area contributed by atoms with Crippen molar-refractivity contribution in [3.8, 4) is 16.9 Å². The molecule has 3 aromatic rings. The molecule has 0 aliphatic heterocycles. The summed E-state index contributed by atoms with van der Waals surface area (Å²) >= 11 is 0. The van der Waals surface area contributed by atoms with Crippen LogP contribution in [0.4, 0.5) is 0 Å². The zero-order chi connectivity index (χ0) is 19.2. The third-order valence-electron chi connectivity index (χ3n) is 4.43. The van der Waals surface area contributed by atoms with E-state index in [1.54, 1.807) is 0 Å². The highest BCUT2D eigenvalue weighted by atomic mass is 16.4. The minimum absolute atomic E-state index is 0.0255. The van der Waals surface area contributed by atoms with Crippen molar-refractivity contribution < 1.29 is 9.90 Å². The highest BCUT2D eigenvalue weighted by Crippen LogP contribution is 2.25. The van der Waals surface area contributed by atoms with Crippen LogP contribution in [0.2, 0.25) is 0 Å². The van der Waals surface area contributed by atoms with Crippen LogP contribution in [0, 0.1) is 6.92 Å². The van der Waals surface area contributed by atoms with Crippen molar-refractivity contribution >= 4 is 5.97 Å². The summed E-state index contributed by atoms with van der Waals surface area (Å²) in [6, 6.07) is 18.2. The van der Waals surface area contributed by atoms with Crippen LogP contribution in [0.15, 0.2) is 60.8 Å². The molecule has 0 amide bonds. The summed E-state index contributed by atoms with van der Waals surface area (Å²) in [5.41, 5.74) is 5.14. The fourth-order valence-electron chi connectivity index (χ4n) is 3.16. The Kier molecular flexibility index (Phi) is 6.04. The summed E-state index contributed by atoms with van der Waals surface area (Å²) in [4.78, 5) is 13.2. The summed E-state index contributed by atoms with van der Waals surface area (Å²) < 4.78 is 1.87. The molecule has 2 aromatic carbocycles. The smallest absolute Gasteiger partial charge is 0.317 e. The Morgan fingerprint density at radius 1 is 1.11 bits per heavy atom.